The third kappa shape index (κ3) is 5.65. The van der Waals surface area contributed by atoms with E-state index < -0.39 is 23.7 Å². The molecule has 1 amide bonds. The SMILES string of the molecule is CC.CC1CC(F)(F)CCN1C(=O)OC(C)(C)C. The highest BCUT2D eigenvalue weighted by Crippen LogP contribution is 2.32. The van der Waals surface area contributed by atoms with Gasteiger partial charge in [0.25, 0.3) is 5.92 Å². The average molecular weight is 265 g/mol. The monoisotopic (exact) mass is 265 g/mol. The number of rotatable bonds is 0. The van der Waals surface area contributed by atoms with Crippen LogP contribution in [0.4, 0.5) is 13.6 Å². The van der Waals surface area contributed by atoms with Crippen LogP contribution in [0.3, 0.4) is 0 Å². The van der Waals surface area contributed by atoms with Gasteiger partial charge in [0.05, 0.1) is 0 Å². The van der Waals surface area contributed by atoms with Crippen molar-refractivity contribution in [3.8, 4) is 0 Å². The van der Waals surface area contributed by atoms with Gasteiger partial charge in [0, 0.05) is 25.4 Å². The van der Waals surface area contributed by atoms with Crippen molar-refractivity contribution < 1.29 is 18.3 Å². The van der Waals surface area contributed by atoms with Crippen molar-refractivity contribution in [1.29, 1.82) is 0 Å². The summed E-state index contributed by atoms with van der Waals surface area (Å²) in [5.74, 6) is -2.65. The van der Waals surface area contributed by atoms with E-state index >= 15 is 0 Å². The molecule has 1 rings (SSSR count). The van der Waals surface area contributed by atoms with Gasteiger partial charge in [-0.1, -0.05) is 13.8 Å². The van der Waals surface area contributed by atoms with Gasteiger partial charge in [-0.3, -0.25) is 0 Å². The van der Waals surface area contributed by atoms with Gasteiger partial charge in [-0.2, -0.15) is 0 Å². The minimum atomic E-state index is -2.65. The standard InChI is InChI=1S/C11H19F2NO2.C2H6/c1-8-7-11(12,13)5-6-14(8)9(15)16-10(2,3)4;1-2/h8H,5-7H2,1-4H3;1-2H3. The second-order valence-electron chi connectivity index (χ2n) is 5.33. The summed E-state index contributed by atoms with van der Waals surface area (Å²) in [6.07, 6.45) is -1.07. The molecule has 0 N–H and O–H groups in total. The third-order valence-electron chi connectivity index (χ3n) is 2.47. The molecule has 1 saturated heterocycles. The Balaban J connectivity index is 0.00000137. The van der Waals surface area contributed by atoms with Gasteiger partial charge >= 0.3 is 6.09 Å². The summed E-state index contributed by atoms with van der Waals surface area (Å²) in [7, 11) is 0. The largest absolute Gasteiger partial charge is 0.444 e. The van der Waals surface area contributed by atoms with E-state index in [0.29, 0.717) is 0 Å². The first kappa shape index (κ1) is 17.1. The molecule has 1 atom stereocenters. The van der Waals surface area contributed by atoms with E-state index in [1.165, 1.54) is 4.90 Å². The molecule has 3 nitrogen and oxygen atoms in total. The van der Waals surface area contributed by atoms with Crippen molar-refractivity contribution >= 4 is 6.09 Å². The summed E-state index contributed by atoms with van der Waals surface area (Å²) >= 11 is 0. The van der Waals surface area contributed by atoms with E-state index in [1.807, 2.05) is 13.8 Å². The number of piperidine rings is 1. The fourth-order valence-electron chi connectivity index (χ4n) is 1.74. The summed E-state index contributed by atoms with van der Waals surface area (Å²) in [6, 6.07) is -0.474. The maximum Gasteiger partial charge on any atom is 0.410 e. The average Bonchev–Trinajstić information content (AvgIpc) is 2.16. The Morgan fingerprint density at radius 3 is 2.22 bits per heavy atom. The molecule has 0 aromatic heterocycles. The summed E-state index contributed by atoms with van der Waals surface area (Å²) < 4.78 is 31.3. The van der Waals surface area contributed by atoms with Crippen LogP contribution in [-0.4, -0.2) is 35.1 Å². The van der Waals surface area contributed by atoms with Crippen LogP contribution >= 0.6 is 0 Å². The number of carbonyl (C=O) groups excluding carboxylic acids is 1. The minimum absolute atomic E-state index is 0.0586. The highest BCUT2D eigenvalue weighted by Gasteiger charge is 2.41. The lowest BCUT2D eigenvalue weighted by molar-refractivity contribution is -0.0764. The van der Waals surface area contributed by atoms with Crippen LogP contribution in [0.2, 0.25) is 0 Å². The van der Waals surface area contributed by atoms with E-state index in [0.717, 1.165) is 0 Å². The van der Waals surface area contributed by atoms with Gasteiger partial charge in [-0.15, -0.1) is 0 Å². The van der Waals surface area contributed by atoms with E-state index in [4.69, 9.17) is 4.74 Å². The first-order chi connectivity index (χ1) is 8.11. The molecule has 1 aliphatic rings. The minimum Gasteiger partial charge on any atom is -0.444 e. The van der Waals surface area contributed by atoms with E-state index in [-0.39, 0.29) is 19.4 Å². The van der Waals surface area contributed by atoms with E-state index in [2.05, 4.69) is 0 Å². The Morgan fingerprint density at radius 1 is 1.33 bits per heavy atom. The molecule has 0 spiro atoms. The van der Waals surface area contributed by atoms with Crippen molar-refractivity contribution in [2.24, 2.45) is 0 Å². The summed E-state index contributed by atoms with van der Waals surface area (Å²) in [5, 5.41) is 0. The van der Waals surface area contributed by atoms with Crippen LogP contribution in [0.5, 0.6) is 0 Å². The molecule has 108 valence electrons. The summed E-state index contributed by atoms with van der Waals surface area (Å²) in [5.41, 5.74) is -0.587. The molecule has 0 bridgehead atoms. The lowest BCUT2D eigenvalue weighted by atomic mass is 10.0. The quantitative estimate of drug-likeness (QED) is 0.661. The van der Waals surface area contributed by atoms with Crippen LogP contribution < -0.4 is 0 Å². The van der Waals surface area contributed by atoms with Gasteiger partial charge in [0.1, 0.15) is 5.60 Å². The maximum atomic E-state index is 13.1. The Hall–Kier alpha value is -0.870. The molecule has 0 aromatic carbocycles. The number of amides is 1. The number of likely N-dealkylation sites (tertiary alicyclic amines) is 1. The van der Waals surface area contributed by atoms with Crippen LogP contribution in [0.25, 0.3) is 0 Å². The van der Waals surface area contributed by atoms with Crippen molar-refractivity contribution in [2.75, 3.05) is 6.54 Å². The molecule has 0 aliphatic carbocycles. The Kier molecular flexibility index (Phi) is 6.04. The zero-order valence-corrected chi connectivity index (χ0v) is 12.2. The van der Waals surface area contributed by atoms with Crippen LogP contribution in [0.15, 0.2) is 0 Å². The highest BCUT2D eigenvalue weighted by molar-refractivity contribution is 5.68. The van der Waals surface area contributed by atoms with Crippen molar-refractivity contribution in [3.63, 3.8) is 0 Å². The second kappa shape index (κ2) is 6.34. The first-order valence-corrected chi connectivity index (χ1v) is 6.48. The zero-order valence-electron chi connectivity index (χ0n) is 12.2. The number of ether oxygens (including phenoxy) is 1. The van der Waals surface area contributed by atoms with Gasteiger partial charge in [-0.25, -0.2) is 13.6 Å². The van der Waals surface area contributed by atoms with Crippen LogP contribution in [0, 0.1) is 0 Å². The van der Waals surface area contributed by atoms with Crippen molar-refractivity contribution in [2.45, 2.75) is 71.9 Å². The fraction of sp³-hybridized carbons (Fsp3) is 0.923. The topological polar surface area (TPSA) is 29.5 Å². The van der Waals surface area contributed by atoms with Gasteiger partial charge in [0.15, 0.2) is 0 Å². The molecule has 18 heavy (non-hydrogen) atoms. The zero-order chi connectivity index (χ0) is 14.6. The van der Waals surface area contributed by atoms with Crippen molar-refractivity contribution in [1.82, 2.24) is 4.90 Å². The Labute approximate surface area is 108 Å². The number of halogens is 2. The molecular formula is C13H25F2NO2. The Morgan fingerprint density at radius 2 is 1.83 bits per heavy atom. The second-order valence-corrected chi connectivity index (χ2v) is 5.33. The molecule has 0 saturated carbocycles. The molecule has 1 fully saturated rings. The van der Waals surface area contributed by atoms with Crippen molar-refractivity contribution in [3.05, 3.63) is 0 Å². The predicted molar refractivity (Wildman–Crippen MR) is 67.9 cm³/mol. The number of carbonyl (C=O) groups is 1. The Bertz CT molecular complexity index is 275. The van der Waals surface area contributed by atoms with Gasteiger partial charge in [0.2, 0.25) is 0 Å². The van der Waals surface area contributed by atoms with Gasteiger partial charge < -0.3 is 9.64 Å². The molecule has 1 heterocycles. The van der Waals surface area contributed by atoms with Crippen LogP contribution in [0.1, 0.15) is 54.4 Å². The summed E-state index contributed by atoms with van der Waals surface area (Å²) in [6.45, 7) is 11.0. The summed E-state index contributed by atoms with van der Waals surface area (Å²) in [4.78, 5) is 13.1. The first-order valence-electron chi connectivity index (χ1n) is 6.48. The van der Waals surface area contributed by atoms with E-state index in [1.54, 1.807) is 27.7 Å². The fourth-order valence-corrected chi connectivity index (χ4v) is 1.74. The number of hydrogen-bond donors (Lipinski definition) is 0. The molecular weight excluding hydrogens is 240 g/mol. The molecule has 0 radical (unpaired) electrons. The lowest BCUT2D eigenvalue weighted by Crippen LogP contribution is -2.49. The van der Waals surface area contributed by atoms with Crippen LogP contribution in [-0.2, 0) is 4.74 Å². The number of hydrogen-bond acceptors (Lipinski definition) is 2. The smallest absolute Gasteiger partial charge is 0.410 e. The lowest BCUT2D eigenvalue weighted by Gasteiger charge is -2.38. The van der Waals surface area contributed by atoms with Gasteiger partial charge in [-0.05, 0) is 27.7 Å². The highest BCUT2D eigenvalue weighted by atomic mass is 19.3. The maximum absolute atomic E-state index is 13.1. The number of nitrogens with zero attached hydrogens (tertiary/aromatic N) is 1. The third-order valence-corrected chi connectivity index (χ3v) is 2.47. The normalized spacial score (nSPS) is 22.9. The predicted octanol–water partition coefficient (Wildman–Crippen LogP) is 4.07. The molecule has 0 aromatic rings. The molecule has 1 unspecified atom stereocenters. The molecule has 5 heteroatoms. The molecule has 1 aliphatic heterocycles. The number of alkyl halides is 2. The van der Waals surface area contributed by atoms with E-state index in [9.17, 15) is 13.6 Å².